The van der Waals surface area contributed by atoms with Crippen molar-refractivity contribution >= 4 is 6.08 Å². The first-order valence-corrected chi connectivity index (χ1v) is 6.84. The fourth-order valence-corrected chi connectivity index (χ4v) is 2.19. The molecule has 2 heteroatoms. The molecule has 0 amide bonds. The van der Waals surface area contributed by atoms with Crippen LogP contribution in [0.15, 0.2) is 48.1 Å². The highest BCUT2D eigenvalue weighted by Crippen LogP contribution is 2.33. The largest absolute Gasteiger partial charge is 0.493 e. The fourth-order valence-electron chi connectivity index (χ4n) is 2.19. The van der Waals surface area contributed by atoms with Crippen molar-refractivity contribution in [3.05, 3.63) is 53.6 Å². The van der Waals surface area contributed by atoms with Gasteiger partial charge in [0, 0.05) is 5.56 Å². The van der Waals surface area contributed by atoms with Crippen molar-refractivity contribution in [2.75, 3.05) is 14.2 Å². The molecule has 1 aliphatic rings. The van der Waals surface area contributed by atoms with E-state index < -0.39 is 0 Å². The molecule has 2 rings (SSSR count). The van der Waals surface area contributed by atoms with Crippen LogP contribution in [0, 0.1) is 5.41 Å². The van der Waals surface area contributed by atoms with Gasteiger partial charge >= 0.3 is 0 Å². The lowest BCUT2D eigenvalue weighted by Gasteiger charge is -2.21. The molecule has 20 heavy (non-hydrogen) atoms. The Morgan fingerprint density at radius 2 is 1.90 bits per heavy atom. The maximum atomic E-state index is 5.43. The Hall–Kier alpha value is -1.96. The van der Waals surface area contributed by atoms with E-state index in [9.17, 15) is 0 Å². The van der Waals surface area contributed by atoms with Gasteiger partial charge in [-0.1, -0.05) is 56.4 Å². The third-order valence-corrected chi connectivity index (χ3v) is 3.48. The number of methoxy groups -OCH3 is 2. The van der Waals surface area contributed by atoms with Crippen molar-refractivity contribution in [3.8, 4) is 11.5 Å². The minimum Gasteiger partial charge on any atom is -0.493 e. The van der Waals surface area contributed by atoms with E-state index in [0.717, 1.165) is 23.5 Å². The molecule has 1 aliphatic carbocycles. The second kappa shape index (κ2) is 6.00. The van der Waals surface area contributed by atoms with E-state index in [1.165, 1.54) is 5.57 Å². The van der Waals surface area contributed by atoms with E-state index in [2.05, 4.69) is 44.2 Å². The van der Waals surface area contributed by atoms with E-state index in [1.54, 1.807) is 14.2 Å². The van der Waals surface area contributed by atoms with Crippen LogP contribution in [0.5, 0.6) is 11.5 Å². The molecule has 0 unspecified atom stereocenters. The van der Waals surface area contributed by atoms with Gasteiger partial charge in [0.15, 0.2) is 11.5 Å². The molecule has 0 heterocycles. The molecule has 1 aromatic rings. The van der Waals surface area contributed by atoms with Gasteiger partial charge in [-0.2, -0.15) is 0 Å². The van der Waals surface area contributed by atoms with E-state index in [4.69, 9.17) is 9.47 Å². The summed E-state index contributed by atoms with van der Waals surface area (Å²) >= 11 is 0. The zero-order valence-electron chi connectivity index (χ0n) is 12.6. The molecular formula is C18H22O2. The molecule has 0 radical (unpaired) electrons. The lowest BCUT2D eigenvalue weighted by molar-refractivity contribution is 0.354. The Balaban J connectivity index is 2.21. The molecule has 0 bridgehead atoms. The average molecular weight is 270 g/mol. The van der Waals surface area contributed by atoms with Crippen molar-refractivity contribution < 1.29 is 9.47 Å². The number of allylic oxidation sites excluding steroid dienone is 5. The summed E-state index contributed by atoms with van der Waals surface area (Å²) in [5, 5.41) is 0. The van der Waals surface area contributed by atoms with Crippen LogP contribution in [0.3, 0.4) is 0 Å². The van der Waals surface area contributed by atoms with Crippen LogP contribution in [0.4, 0.5) is 0 Å². The van der Waals surface area contributed by atoms with E-state index in [-0.39, 0.29) is 5.41 Å². The third kappa shape index (κ3) is 3.32. The zero-order chi connectivity index (χ0) is 14.6. The van der Waals surface area contributed by atoms with Crippen molar-refractivity contribution in [1.29, 1.82) is 0 Å². The van der Waals surface area contributed by atoms with Gasteiger partial charge in [-0.15, -0.1) is 0 Å². The second-order valence-electron chi connectivity index (χ2n) is 5.65. The van der Waals surface area contributed by atoms with E-state index in [0.29, 0.717) is 0 Å². The summed E-state index contributed by atoms with van der Waals surface area (Å²) in [7, 11) is 3.32. The Labute approximate surface area is 121 Å². The molecule has 1 aromatic carbocycles. The summed E-state index contributed by atoms with van der Waals surface area (Å²) in [5.74, 6) is 1.52. The van der Waals surface area contributed by atoms with Crippen LogP contribution >= 0.6 is 0 Å². The number of rotatable bonds is 4. The summed E-state index contributed by atoms with van der Waals surface area (Å²) < 4.78 is 10.7. The van der Waals surface area contributed by atoms with Crippen LogP contribution in [0.1, 0.15) is 25.8 Å². The van der Waals surface area contributed by atoms with Gasteiger partial charge in [0.2, 0.25) is 0 Å². The Bertz CT molecular complexity index is 563. The number of para-hydroxylation sites is 1. The van der Waals surface area contributed by atoms with Gasteiger partial charge in [-0.3, -0.25) is 0 Å². The van der Waals surface area contributed by atoms with Gasteiger partial charge in [-0.25, -0.2) is 0 Å². The quantitative estimate of drug-likeness (QED) is 0.794. The van der Waals surface area contributed by atoms with Gasteiger partial charge in [-0.05, 0) is 23.5 Å². The summed E-state index contributed by atoms with van der Waals surface area (Å²) in [6.07, 6.45) is 11.9. The van der Waals surface area contributed by atoms with Crippen molar-refractivity contribution in [2.24, 2.45) is 5.41 Å². The van der Waals surface area contributed by atoms with Gasteiger partial charge in [0.1, 0.15) is 0 Å². The summed E-state index contributed by atoms with van der Waals surface area (Å²) in [4.78, 5) is 0. The SMILES string of the molecule is COc1cccc(/C=C/C2=CCC(C)(C)C=C2)c1OC. The van der Waals surface area contributed by atoms with E-state index in [1.807, 2.05) is 18.2 Å². The summed E-state index contributed by atoms with van der Waals surface area (Å²) in [6, 6.07) is 5.89. The monoisotopic (exact) mass is 270 g/mol. The number of hydrogen-bond acceptors (Lipinski definition) is 2. The molecule has 106 valence electrons. The predicted octanol–water partition coefficient (Wildman–Crippen LogP) is 4.63. The fraction of sp³-hybridized carbons (Fsp3) is 0.333. The maximum Gasteiger partial charge on any atom is 0.167 e. The molecule has 2 nitrogen and oxygen atoms in total. The third-order valence-electron chi connectivity index (χ3n) is 3.48. The first-order valence-electron chi connectivity index (χ1n) is 6.84. The van der Waals surface area contributed by atoms with Crippen LogP contribution < -0.4 is 9.47 Å². The smallest absolute Gasteiger partial charge is 0.167 e. The molecule has 0 aromatic heterocycles. The Kier molecular flexibility index (Phi) is 4.33. The molecule has 0 atom stereocenters. The number of ether oxygens (including phenoxy) is 2. The van der Waals surface area contributed by atoms with Crippen LogP contribution in [-0.4, -0.2) is 14.2 Å². The Morgan fingerprint density at radius 3 is 2.50 bits per heavy atom. The number of hydrogen-bond donors (Lipinski definition) is 0. The zero-order valence-corrected chi connectivity index (χ0v) is 12.6. The minimum atomic E-state index is 0.269. The van der Waals surface area contributed by atoms with E-state index >= 15 is 0 Å². The lowest BCUT2D eigenvalue weighted by atomic mass is 9.84. The molecule has 0 fully saturated rings. The molecule has 0 N–H and O–H groups in total. The Morgan fingerprint density at radius 1 is 1.10 bits per heavy atom. The molecule has 0 spiro atoms. The van der Waals surface area contributed by atoms with Crippen LogP contribution in [0.2, 0.25) is 0 Å². The highest BCUT2D eigenvalue weighted by molar-refractivity contribution is 5.64. The van der Waals surface area contributed by atoms with Crippen molar-refractivity contribution in [3.63, 3.8) is 0 Å². The number of benzene rings is 1. The normalized spacial score (nSPS) is 17.1. The lowest BCUT2D eigenvalue weighted by Crippen LogP contribution is -2.08. The van der Waals surface area contributed by atoms with Crippen molar-refractivity contribution in [1.82, 2.24) is 0 Å². The van der Waals surface area contributed by atoms with Gasteiger partial charge < -0.3 is 9.47 Å². The molecule has 0 saturated carbocycles. The summed E-state index contributed by atoms with van der Waals surface area (Å²) in [5.41, 5.74) is 2.52. The maximum absolute atomic E-state index is 5.43. The van der Waals surface area contributed by atoms with Crippen LogP contribution in [-0.2, 0) is 0 Å². The predicted molar refractivity (Wildman–Crippen MR) is 84.2 cm³/mol. The first-order chi connectivity index (χ1) is 9.55. The molecule has 0 aliphatic heterocycles. The minimum absolute atomic E-state index is 0.269. The highest BCUT2D eigenvalue weighted by Gasteiger charge is 2.15. The second-order valence-corrected chi connectivity index (χ2v) is 5.65. The average Bonchev–Trinajstić information content (AvgIpc) is 2.45. The topological polar surface area (TPSA) is 18.5 Å². The highest BCUT2D eigenvalue weighted by atomic mass is 16.5. The summed E-state index contributed by atoms with van der Waals surface area (Å²) in [6.45, 7) is 4.48. The first kappa shape index (κ1) is 14.4. The molecule has 0 saturated heterocycles. The van der Waals surface area contributed by atoms with Gasteiger partial charge in [0.05, 0.1) is 14.2 Å². The van der Waals surface area contributed by atoms with Crippen LogP contribution in [0.25, 0.3) is 6.08 Å². The molecular weight excluding hydrogens is 248 g/mol. The van der Waals surface area contributed by atoms with Crippen molar-refractivity contribution in [2.45, 2.75) is 20.3 Å². The van der Waals surface area contributed by atoms with Gasteiger partial charge in [0.25, 0.3) is 0 Å². The standard InChI is InChI=1S/C18H22O2/c1-18(2)12-10-14(11-13-18)8-9-15-6-5-7-16(19-3)17(15)20-4/h5-12H,13H2,1-4H3/b9-8+.